The van der Waals surface area contributed by atoms with Crippen molar-refractivity contribution in [3.05, 3.63) is 0 Å². The molecule has 2 aliphatic heterocycles. The molecule has 0 aromatic rings. The number of amides is 4. The highest BCUT2D eigenvalue weighted by Crippen LogP contribution is 2.15. The molecule has 2 rings (SSSR count). The van der Waals surface area contributed by atoms with Crippen LogP contribution >= 0.6 is 0 Å². The van der Waals surface area contributed by atoms with Gasteiger partial charge < -0.3 is 9.68 Å². The predicted octanol–water partition coefficient (Wildman–Crippen LogP) is 1.18. The molecular formula is C17H24N2O8. The quantitative estimate of drug-likeness (QED) is 0.599. The minimum atomic E-state index is -0.838. The van der Waals surface area contributed by atoms with Crippen molar-refractivity contribution < 1.29 is 38.4 Å². The lowest BCUT2D eigenvalue weighted by Crippen LogP contribution is -2.32. The first-order valence-corrected chi connectivity index (χ1v) is 8.93. The maximum absolute atomic E-state index is 11.5. The number of nitrogens with zero attached hydrogens (tertiary/aromatic N) is 2. The van der Waals surface area contributed by atoms with Crippen molar-refractivity contribution in [3.63, 3.8) is 0 Å². The third-order valence-corrected chi connectivity index (χ3v) is 3.66. The van der Waals surface area contributed by atoms with Crippen molar-refractivity contribution in [1.29, 1.82) is 0 Å². The monoisotopic (exact) mass is 384 g/mol. The van der Waals surface area contributed by atoms with Crippen LogP contribution in [0.5, 0.6) is 0 Å². The van der Waals surface area contributed by atoms with E-state index in [1.165, 1.54) is 12.8 Å². The van der Waals surface area contributed by atoms with Crippen LogP contribution in [0.4, 0.5) is 0 Å². The lowest BCUT2D eigenvalue weighted by molar-refractivity contribution is -0.199. The van der Waals surface area contributed by atoms with Gasteiger partial charge in [-0.3, -0.25) is 19.2 Å². The summed E-state index contributed by atoms with van der Waals surface area (Å²) in [6.07, 6.45) is 2.19. The molecule has 0 aromatic heterocycles. The Hall–Kier alpha value is -2.78. The average molecular weight is 384 g/mol. The van der Waals surface area contributed by atoms with E-state index in [9.17, 15) is 28.8 Å². The van der Waals surface area contributed by atoms with Crippen LogP contribution in [-0.4, -0.2) is 45.7 Å². The Morgan fingerprint density at radius 1 is 0.704 bits per heavy atom. The van der Waals surface area contributed by atoms with Gasteiger partial charge in [-0.1, -0.05) is 26.7 Å². The maximum atomic E-state index is 11.5. The zero-order chi connectivity index (χ0) is 20.4. The van der Waals surface area contributed by atoms with Crippen molar-refractivity contribution in [2.24, 2.45) is 0 Å². The minimum Gasteiger partial charge on any atom is -0.330 e. The van der Waals surface area contributed by atoms with Gasteiger partial charge in [0, 0.05) is 38.5 Å². The number of rotatable bonds is 7. The van der Waals surface area contributed by atoms with E-state index in [2.05, 4.69) is 23.5 Å². The van der Waals surface area contributed by atoms with Crippen molar-refractivity contribution in [2.45, 2.75) is 71.6 Å². The van der Waals surface area contributed by atoms with Gasteiger partial charge in [-0.2, -0.15) is 0 Å². The van der Waals surface area contributed by atoms with Crippen molar-refractivity contribution in [2.75, 3.05) is 0 Å². The van der Waals surface area contributed by atoms with E-state index < -0.39 is 35.6 Å². The summed E-state index contributed by atoms with van der Waals surface area (Å²) >= 11 is 0. The maximum Gasteiger partial charge on any atom is 0.333 e. The number of imide groups is 2. The molecule has 0 aliphatic carbocycles. The van der Waals surface area contributed by atoms with Crippen LogP contribution < -0.4 is 0 Å². The number of carbonyl (C=O) groups is 6. The second kappa shape index (κ2) is 11.0. The van der Waals surface area contributed by atoms with Crippen LogP contribution in [0.3, 0.4) is 0 Å². The molecule has 0 bridgehead atoms. The standard InChI is InChI=1S/C13H14N2O8.C4H10/c16-8-4-5-9(17)14(8)22-12(20)2-1-3-13(21)23-15-10(18)6-7-11(15)19;1-3-4-2/h1-7H2;3-4H2,1-2H3. The summed E-state index contributed by atoms with van der Waals surface area (Å²) in [5.41, 5.74) is 0. The molecule has 10 nitrogen and oxygen atoms in total. The minimum absolute atomic E-state index is 0.00364. The Bertz CT molecular complexity index is 532. The van der Waals surface area contributed by atoms with Gasteiger partial charge in [0.05, 0.1) is 0 Å². The SMILES string of the molecule is CCCC.O=C(CCCC(=O)ON1C(=O)CCC1=O)ON1C(=O)CCC1=O. The Kier molecular flexibility index (Phi) is 9.11. The third-order valence-electron chi connectivity index (χ3n) is 3.66. The van der Waals surface area contributed by atoms with Gasteiger partial charge in [-0.05, 0) is 6.42 Å². The summed E-state index contributed by atoms with van der Waals surface area (Å²) in [4.78, 5) is 77.1. The van der Waals surface area contributed by atoms with Crippen LogP contribution in [-0.2, 0) is 38.4 Å². The number of unbranched alkanes of at least 4 members (excludes halogenated alkanes) is 1. The van der Waals surface area contributed by atoms with Gasteiger partial charge in [0.25, 0.3) is 23.6 Å². The fraction of sp³-hybridized carbons (Fsp3) is 0.647. The molecule has 4 amide bonds. The van der Waals surface area contributed by atoms with Crippen molar-refractivity contribution in [3.8, 4) is 0 Å². The lowest BCUT2D eigenvalue weighted by atomic mass is 10.2. The molecular weight excluding hydrogens is 360 g/mol. The highest BCUT2D eigenvalue weighted by atomic mass is 16.7. The molecule has 150 valence electrons. The number of hydrogen-bond donors (Lipinski definition) is 0. The Morgan fingerprint density at radius 2 is 1.00 bits per heavy atom. The summed E-state index contributed by atoms with van der Waals surface area (Å²) in [6, 6.07) is 0. The lowest BCUT2D eigenvalue weighted by Gasteiger charge is -2.13. The molecule has 10 heteroatoms. The predicted molar refractivity (Wildman–Crippen MR) is 88.8 cm³/mol. The summed E-state index contributed by atoms with van der Waals surface area (Å²) < 4.78 is 0. The summed E-state index contributed by atoms with van der Waals surface area (Å²) in [6.45, 7) is 4.36. The number of hydrogen-bond acceptors (Lipinski definition) is 8. The second-order valence-corrected chi connectivity index (χ2v) is 5.94. The average Bonchev–Trinajstić information content (AvgIpc) is 3.12. The smallest absolute Gasteiger partial charge is 0.330 e. The van der Waals surface area contributed by atoms with Crippen LogP contribution in [0.1, 0.15) is 71.6 Å². The summed E-state index contributed by atoms with van der Waals surface area (Å²) in [7, 11) is 0. The van der Waals surface area contributed by atoms with Crippen LogP contribution in [0.25, 0.3) is 0 Å². The number of carbonyl (C=O) groups excluding carboxylic acids is 6. The molecule has 0 aromatic carbocycles. The molecule has 2 saturated heterocycles. The Labute approximate surface area is 156 Å². The van der Waals surface area contributed by atoms with Crippen LogP contribution in [0.2, 0.25) is 0 Å². The van der Waals surface area contributed by atoms with Crippen LogP contribution in [0, 0.1) is 0 Å². The topological polar surface area (TPSA) is 127 Å². The molecule has 2 fully saturated rings. The molecule has 27 heavy (non-hydrogen) atoms. The Morgan fingerprint density at radius 3 is 1.26 bits per heavy atom. The van der Waals surface area contributed by atoms with Crippen molar-refractivity contribution >= 4 is 35.6 Å². The highest BCUT2D eigenvalue weighted by Gasteiger charge is 2.34. The van der Waals surface area contributed by atoms with E-state index in [-0.39, 0.29) is 44.9 Å². The molecule has 0 unspecified atom stereocenters. The molecule has 0 spiro atoms. The van der Waals surface area contributed by atoms with E-state index in [1.54, 1.807) is 0 Å². The fourth-order valence-corrected chi connectivity index (χ4v) is 1.99. The van der Waals surface area contributed by atoms with E-state index >= 15 is 0 Å². The first kappa shape index (κ1) is 22.3. The molecule has 0 N–H and O–H groups in total. The summed E-state index contributed by atoms with van der Waals surface area (Å²) in [5, 5.41) is 0.838. The molecule has 0 saturated carbocycles. The highest BCUT2D eigenvalue weighted by molar-refractivity contribution is 6.02. The van der Waals surface area contributed by atoms with E-state index in [4.69, 9.17) is 0 Å². The van der Waals surface area contributed by atoms with E-state index in [0.29, 0.717) is 10.1 Å². The largest absolute Gasteiger partial charge is 0.333 e. The first-order valence-electron chi connectivity index (χ1n) is 8.93. The van der Waals surface area contributed by atoms with E-state index in [0.717, 1.165) is 0 Å². The van der Waals surface area contributed by atoms with E-state index in [1.807, 2.05) is 0 Å². The van der Waals surface area contributed by atoms with Gasteiger partial charge in [0.2, 0.25) is 0 Å². The molecule has 2 heterocycles. The van der Waals surface area contributed by atoms with Gasteiger partial charge in [-0.25, -0.2) is 9.59 Å². The van der Waals surface area contributed by atoms with Gasteiger partial charge in [0.15, 0.2) is 0 Å². The van der Waals surface area contributed by atoms with Gasteiger partial charge in [-0.15, -0.1) is 10.1 Å². The molecule has 0 atom stereocenters. The zero-order valence-electron chi connectivity index (χ0n) is 15.5. The van der Waals surface area contributed by atoms with Crippen molar-refractivity contribution in [1.82, 2.24) is 10.1 Å². The van der Waals surface area contributed by atoms with Crippen LogP contribution in [0.15, 0.2) is 0 Å². The number of hydroxylamine groups is 4. The first-order chi connectivity index (χ1) is 12.8. The fourth-order valence-electron chi connectivity index (χ4n) is 1.99. The normalized spacial score (nSPS) is 16.4. The molecule has 0 radical (unpaired) electrons. The van der Waals surface area contributed by atoms with Gasteiger partial charge in [0.1, 0.15) is 0 Å². The van der Waals surface area contributed by atoms with Gasteiger partial charge >= 0.3 is 11.9 Å². The second-order valence-electron chi connectivity index (χ2n) is 5.94. The third kappa shape index (κ3) is 7.16. The Balaban J connectivity index is 0.000000828. The summed E-state index contributed by atoms with van der Waals surface area (Å²) in [5.74, 6) is -4.03. The molecule has 2 aliphatic rings. The zero-order valence-corrected chi connectivity index (χ0v) is 15.5.